The Kier molecular flexibility index (Phi) is 3.79. The van der Waals surface area contributed by atoms with Gasteiger partial charge in [0.15, 0.2) is 0 Å². The molecule has 0 aromatic carbocycles. The second-order valence-electron chi connectivity index (χ2n) is 4.72. The Bertz CT molecular complexity index is 161. The third-order valence-electron chi connectivity index (χ3n) is 3.61. The molecule has 14 heavy (non-hydrogen) atoms. The maximum absolute atomic E-state index is 9.03. The van der Waals surface area contributed by atoms with Crippen LogP contribution in [0.1, 0.15) is 25.7 Å². The molecular weight excluding hydrogens is 176 g/mol. The Morgan fingerprint density at radius 1 is 1.21 bits per heavy atom. The van der Waals surface area contributed by atoms with Crippen molar-refractivity contribution in [3.8, 4) is 0 Å². The zero-order valence-corrected chi connectivity index (χ0v) is 8.91. The SMILES string of the molecule is OCC1CCN(C[C@@H]2CCCN2)CC1. The molecule has 2 rings (SSSR count). The van der Waals surface area contributed by atoms with E-state index in [1.807, 2.05) is 0 Å². The fourth-order valence-corrected chi connectivity index (χ4v) is 2.58. The fraction of sp³-hybridized carbons (Fsp3) is 1.00. The minimum Gasteiger partial charge on any atom is -0.396 e. The summed E-state index contributed by atoms with van der Waals surface area (Å²) in [6, 6.07) is 0.737. The number of aliphatic hydroxyl groups is 1. The monoisotopic (exact) mass is 198 g/mol. The highest BCUT2D eigenvalue weighted by molar-refractivity contribution is 4.80. The van der Waals surface area contributed by atoms with Gasteiger partial charge in [0.1, 0.15) is 0 Å². The van der Waals surface area contributed by atoms with Gasteiger partial charge in [0.05, 0.1) is 0 Å². The van der Waals surface area contributed by atoms with Crippen LogP contribution in [0.25, 0.3) is 0 Å². The summed E-state index contributed by atoms with van der Waals surface area (Å²) < 4.78 is 0. The van der Waals surface area contributed by atoms with Crippen molar-refractivity contribution in [3.05, 3.63) is 0 Å². The van der Waals surface area contributed by atoms with E-state index in [0.29, 0.717) is 12.5 Å². The number of rotatable bonds is 3. The van der Waals surface area contributed by atoms with E-state index >= 15 is 0 Å². The van der Waals surface area contributed by atoms with Crippen LogP contribution in [-0.2, 0) is 0 Å². The van der Waals surface area contributed by atoms with Gasteiger partial charge in [0.25, 0.3) is 0 Å². The highest BCUT2D eigenvalue weighted by Gasteiger charge is 2.22. The van der Waals surface area contributed by atoms with E-state index in [4.69, 9.17) is 5.11 Å². The molecule has 2 N–H and O–H groups in total. The lowest BCUT2D eigenvalue weighted by molar-refractivity contribution is 0.125. The zero-order valence-electron chi connectivity index (χ0n) is 8.91. The number of aliphatic hydroxyl groups excluding tert-OH is 1. The van der Waals surface area contributed by atoms with Crippen molar-refractivity contribution < 1.29 is 5.11 Å². The van der Waals surface area contributed by atoms with E-state index in [2.05, 4.69) is 10.2 Å². The van der Waals surface area contributed by atoms with Crippen molar-refractivity contribution in [1.82, 2.24) is 10.2 Å². The first-order valence-electron chi connectivity index (χ1n) is 5.95. The molecule has 2 heterocycles. The molecule has 2 aliphatic heterocycles. The molecule has 2 fully saturated rings. The molecule has 0 bridgehead atoms. The lowest BCUT2D eigenvalue weighted by atomic mass is 9.97. The summed E-state index contributed by atoms with van der Waals surface area (Å²) in [6.07, 6.45) is 5.06. The average Bonchev–Trinajstić information content (AvgIpc) is 2.72. The molecule has 82 valence electrons. The van der Waals surface area contributed by atoms with Crippen molar-refractivity contribution in [2.45, 2.75) is 31.7 Å². The summed E-state index contributed by atoms with van der Waals surface area (Å²) >= 11 is 0. The van der Waals surface area contributed by atoms with E-state index in [1.165, 1.54) is 51.9 Å². The van der Waals surface area contributed by atoms with Crippen molar-refractivity contribution >= 4 is 0 Å². The van der Waals surface area contributed by atoms with Gasteiger partial charge in [-0.3, -0.25) is 0 Å². The Labute approximate surface area is 86.5 Å². The third kappa shape index (κ3) is 2.69. The van der Waals surface area contributed by atoms with E-state index in [-0.39, 0.29) is 0 Å². The molecule has 0 aliphatic carbocycles. The maximum Gasteiger partial charge on any atom is 0.0460 e. The van der Waals surface area contributed by atoms with Crippen LogP contribution in [0.5, 0.6) is 0 Å². The van der Waals surface area contributed by atoms with Gasteiger partial charge in [-0.2, -0.15) is 0 Å². The molecule has 0 saturated carbocycles. The Hall–Kier alpha value is -0.120. The van der Waals surface area contributed by atoms with Gasteiger partial charge in [-0.05, 0) is 51.2 Å². The Morgan fingerprint density at radius 3 is 2.57 bits per heavy atom. The molecule has 0 aromatic rings. The smallest absolute Gasteiger partial charge is 0.0460 e. The highest BCUT2D eigenvalue weighted by atomic mass is 16.3. The summed E-state index contributed by atoms with van der Waals surface area (Å²) in [6.45, 7) is 5.18. The first-order valence-corrected chi connectivity index (χ1v) is 5.95. The molecule has 2 saturated heterocycles. The summed E-state index contributed by atoms with van der Waals surface area (Å²) in [5.74, 6) is 0.572. The van der Waals surface area contributed by atoms with Crippen LogP contribution in [-0.4, -0.2) is 48.8 Å². The number of nitrogens with zero attached hydrogens (tertiary/aromatic N) is 1. The van der Waals surface area contributed by atoms with Gasteiger partial charge in [-0.15, -0.1) is 0 Å². The lowest BCUT2D eigenvalue weighted by Gasteiger charge is -2.32. The van der Waals surface area contributed by atoms with Gasteiger partial charge in [0, 0.05) is 19.2 Å². The number of hydrogen-bond acceptors (Lipinski definition) is 3. The van der Waals surface area contributed by atoms with Crippen molar-refractivity contribution in [2.24, 2.45) is 5.92 Å². The van der Waals surface area contributed by atoms with E-state index in [0.717, 1.165) is 6.04 Å². The van der Waals surface area contributed by atoms with Gasteiger partial charge >= 0.3 is 0 Å². The Morgan fingerprint density at radius 2 is 2.00 bits per heavy atom. The molecular formula is C11H22N2O. The topological polar surface area (TPSA) is 35.5 Å². The first kappa shape index (κ1) is 10.4. The predicted molar refractivity (Wildman–Crippen MR) is 57.3 cm³/mol. The number of nitrogens with one attached hydrogen (secondary N) is 1. The summed E-state index contributed by atoms with van der Waals surface area (Å²) in [4.78, 5) is 2.55. The largest absolute Gasteiger partial charge is 0.396 e. The van der Waals surface area contributed by atoms with Crippen molar-refractivity contribution in [1.29, 1.82) is 0 Å². The van der Waals surface area contributed by atoms with Crippen LogP contribution in [0.2, 0.25) is 0 Å². The second-order valence-corrected chi connectivity index (χ2v) is 4.72. The summed E-state index contributed by atoms with van der Waals surface area (Å²) in [7, 11) is 0. The normalized spacial score (nSPS) is 31.1. The van der Waals surface area contributed by atoms with Crippen LogP contribution < -0.4 is 5.32 Å². The van der Waals surface area contributed by atoms with Crippen LogP contribution in [0.15, 0.2) is 0 Å². The van der Waals surface area contributed by atoms with E-state index in [9.17, 15) is 0 Å². The molecule has 0 radical (unpaired) electrons. The van der Waals surface area contributed by atoms with Gasteiger partial charge in [-0.1, -0.05) is 0 Å². The van der Waals surface area contributed by atoms with Crippen LogP contribution in [0, 0.1) is 5.92 Å². The van der Waals surface area contributed by atoms with E-state index in [1.54, 1.807) is 0 Å². The van der Waals surface area contributed by atoms with Crippen molar-refractivity contribution in [2.75, 3.05) is 32.8 Å². The maximum atomic E-state index is 9.03. The zero-order chi connectivity index (χ0) is 9.80. The second kappa shape index (κ2) is 5.10. The van der Waals surface area contributed by atoms with Crippen molar-refractivity contribution in [3.63, 3.8) is 0 Å². The highest BCUT2D eigenvalue weighted by Crippen LogP contribution is 2.17. The summed E-state index contributed by atoms with van der Waals surface area (Å²) in [5, 5.41) is 12.6. The average molecular weight is 198 g/mol. The molecule has 1 atom stereocenters. The quantitative estimate of drug-likeness (QED) is 0.691. The van der Waals surface area contributed by atoms with Gasteiger partial charge in [0.2, 0.25) is 0 Å². The summed E-state index contributed by atoms with van der Waals surface area (Å²) in [5.41, 5.74) is 0. The number of likely N-dealkylation sites (tertiary alicyclic amines) is 1. The van der Waals surface area contributed by atoms with Gasteiger partial charge < -0.3 is 15.3 Å². The number of hydrogen-bond donors (Lipinski definition) is 2. The molecule has 0 spiro atoms. The standard InChI is InChI=1S/C11H22N2O/c14-9-10-3-6-13(7-4-10)8-11-2-1-5-12-11/h10-12,14H,1-9H2/t11-/m0/s1. The van der Waals surface area contributed by atoms with Gasteiger partial charge in [-0.25, -0.2) is 0 Å². The Balaban J connectivity index is 1.67. The fourth-order valence-electron chi connectivity index (χ4n) is 2.58. The van der Waals surface area contributed by atoms with Crippen LogP contribution >= 0.6 is 0 Å². The molecule has 0 unspecified atom stereocenters. The molecule has 3 nitrogen and oxygen atoms in total. The molecule has 2 aliphatic rings. The minimum absolute atomic E-state index is 0.384. The minimum atomic E-state index is 0.384. The molecule has 3 heteroatoms. The predicted octanol–water partition coefficient (Wildman–Crippen LogP) is 0.443. The molecule has 0 aromatic heterocycles. The number of piperidine rings is 1. The first-order chi connectivity index (χ1) is 6.88. The van der Waals surface area contributed by atoms with Crippen LogP contribution in [0.4, 0.5) is 0 Å². The molecule has 0 amide bonds. The van der Waals surface area contributed by atoms with Crippen LogP contribution in [0.3, 0.4) is 0 Å². The third-order valence-corrected chi connectivity index (χ3v) is 3.61. The lowest BCUT2D eigenvalue weighted by Crippen LogP contribution is -2.42. The van der Waals surface area contributed by atoms with E-state index < -0.39 is 0 Å².